The Kier molecular flexibility index (Phi) is 6.10. The van der Waals surface area contributed by atoms with E-state index in [0.29, 0.717) is 31.9 Å². The molecule has 0 aliphatic carbocycles. The lowest BCUT2D eigenvalue weighted by molar-refractivity contribution is -0.139. The number of aryl methyl sites for hydroxylation is 1. The topological polar surface area (TPSA) is 69.9 Å². The summed E-state index contributed by atoms with van der Waals surface area (Å²) < 4.78 is 13.0. The van der Waals surface area contributed by atoms with E-state index >= 15 is 0 Å². The zero-order chi connectivity index (χ0) is 22.8. The van der Waals surface area contributed by atoms with Crippen LogP contribution in [0, 0.1) is 6.92 Å². The molecule has 7 heteroatoms. The molecule has 0 amide bonds. The molecule has 0 fully saturated rings. The number of esters is 1. The van der Waals surface area contributed by atoms with Crippen LogP contribution in [0.25, 0.3) is 6.08 Å². The highest BCUT2D eigenvalue weighted by molar-refractivity contribution is 7.07. The molecule has 1 atom stereocenters. The molecule has 0 radical (unpaired) electrons. The van der Waals surface area contributed by atoms with Gasteiger partial charge in [-0.25, -0.2) is 9.79 Å². The highest BCUT2D eigenvalue weighted by Gasteiger charge is 2.34. The molecule has 0 N–H and O–H groups in total. The van der Waals surface area contributed by atoms with Gasteiger partial charge in [-0.05, 0) is 38.5 Å². The lowest BCUT2D eigenvalue weighted by Gasteiger charge is -2.25. The number of ether oxygens (including phenoxy) is 2. The molecule has 2 heterocycles. The summed E-state index contributed by atoms with van der Waals surface area (Å²) in [5.74, 6) is 0.0968. The first-order valence-electron chi connectivity index (χ1n) is 10.3. The smallest absolute Gasteiger partial charge is 0.338 e. The summed E-state index contributed by atoms with van der Waals surface area (Å²) in [6.07, 6.45) is 1.85. The molecule has 1 aliphatic heterocycles. The summed E-state index contributed by atoms with van der Waals surface area (Å²) >= 11 is 1.30. The van der Waals surface area contributed by atoms with Gasteiger partial charge in [0.2, 0.25) is 0 Å². The van der Waals surface area contributed by atoms with Gasteiger partial charge in [-0.2, -0.15) is 0 Å². The van der Waals surface area contributed by atoms with Crippen LogP contribution in [0.3, 0.4) is 0 Å². The molecule has 0 spiro atoms. The molecule has 0 bridgehead atoms. The number of para-hydroxylation sites is 1. The zero-order valence-corrected chi connectivity index (χ0v) is 19.2. The zero-order valence-electron chi connectivity index (χ0n) is 18.4. The van der Waals surface area contributed by atoms with Crippen LogP contribution in [0.5, 0.6) is 5.75 Å². The predicted octanol–water partition coefficient (Wildman–Crippen LogP) is 3.12. The van der Waals surface area contributed by atoms with Gasteiger partial charge in [-0.1, -0.05) is 59.4 Å². The first kappa shape index (κ1) is 21.8. The number of fused-ring (bicyclic) bond motifs is 1. The maximum absolute atomic E-state index is 13.6. The Morgan fingerprint density at radius 3 is 2.56 bits per heavy atom. The van der Waals surface area contributed by atoms with Crippen LogP contribution in [-0.2, 0) is 9.53 Å². The SMILES string of the molecule is CCOC(=O)C1=C(C)N=c2s/c(=C\c3ccc(C)cc3)c(=O)n2[C@@H]1c1ccccc1OC. The van der Waals surface area contributed by atoms with Crippen LogP contribution in [0.2, 0.25) is 0 Å². The van der Waals surface area contributed by atoms with Crippen LogP contribution in [-0.4, -0.2) is 24.3 Å². The van der Waals surface area contributed by atoms with E-state index < -0.39 is 12.0 Å². The molecule has 0 unspecified atom stereocenters. The van der Waals surface area contributed by atoms with Crippen molar-refractivity contribution in [2.24, 2.45) is 4.99 Å². The third-order valence-corrected chi connectivity index (χ3v) is 6.31. The third kappa shape index (κ3) is 3.91. The Hall–Kier alpha value is -3.45. The number of thiazole rings is 1. The first-order chi connectivity index (χ1) is 15.4. The van der Waals surface area contributed by atoms with Gasteiger partial charge in [0.25, 0.3) is 5.56 Å². The van der Waals surface area contributed by atoms with E-state index in [-0.39, 0.29) is 12.2 Å². The maximum Gasteiger partial charge on any atom is 0.338 e. The van der Waals surface area contributed by atoms with E-state index in [2.05, 4.69) is 4.99 Å². The molecule has 1 aliphatic rings. The van der Waals surface area contributed by atoms with Crippen molar-refractivity contribution < 1.29 is 14.3 Å². The van der Waals surface area contributed by atoms with Crippen LogP contribution in [0.1, 0.15) is 36.6 Å². The molecule has 1 aromatic heterocycles. The van der Waals surface area contributed by atoms with Crippen molar-refractivity contribution in [2.45, 2.75) is 26.8 Å². The van der Waals surface area contributed by atoms with Crippen molar-refractivity contribution in [3.8, 4) is 5.75 Å². The van der Waals surface area contributed by atoms with E-state index in [1.54, 1.807) is 25.5 Å². The number of rotatable bonds is 5. The Balaban J connectivity index is 1.98. The number of allylic oxidation sites excluding steroid dienone is 1. The number of hydrogen-bond donors (Lipinski definition) is 0. The number of nitrogens with zero attached hydrogens (tertiary/aromatic N) is 2. The number of methoxy groups -OCH3 is 1. The van der Waals surface area contributed by atoms with Crippen LogP contribution < -0.4 is 19.6 Å². The Bertz CT molecular complexity index is 1380. The van der Waals surface area contributed by atoms with Gasteiger partial charge in [0.05, 0.1) is 29.5 Å². The maximum atomic E-state index is 13.6. The largest absolute Gasteiger partial charge is 0.496 e. The minimum atomic E-state index is -0.693. The minimum absolute atomic E-state index is 0.209. The van der Waals surface area contributed by atoms with Gasteiger partial charge in [0.15, 0.2) is 4.80 Å². The molecular formula is C25H24N2O4S. The van der Waals surface area contributed by atoms with Gasteiger partial charge < -0.3 is 9.47 Å². The quantitative estimate of drug-likeness (QED) is 0.563. The summed E-state index contributed by atoms with van der Waals surface area (Å²) in [6.45, 7) is 5.77. The van der Waals surface area contributed by atoms with Gasteiger partial charge in [-0.15, -0.1) is 0 Å². The molecule has 2 aromatic carbocycles. The lowest BCUT2D eigenvalue weighted by Crippen LogP contribution is -2.40. The molecule has 0 saturated heterocycles. The number of carbonyl (C=O) groups is 1. The number of aromatic nitrogens is 1. The molecule has 0 saturated carbocycles. The van der Waals surface area contributed by atoms with E-state index in [1.165, 1.54) is 11.3 Å². The summed E-state index contributed by atoms with van der Waals surface area (Å²) in [5, 5.41) is 0. The lowest BCUT2D eigenvalue weighted by atomic mass is 9.95. The Morgan fingerprint density at radius 1 is 1.16 bits per heavy atom. The fourth-order valence-corrected chi connectivity index (χ4v) is 4.84. The third-order valence-electron chi connectivity index (χ3n) is 5.33. The van der Waals surface area contributed by atoms with Crippen molar-refractivity contribution in [1.29, 1.82) is 0 Å². The van der Waals surface area contributed by atoms with Crippen molar-refractivity contribution in [3.63, 3.8) is 0 Å². The summed E-state index contributed by atoms with van der Waals surface area (Å²) in [6, 6.07) is 14.6. The fraction of sp³-hybridized carbons (Fsp3) is 0.240. The van der Waals surface area contributed by atoms with Crippen molar-refractivity contribution in [3.05, 3.63) is 96.2 Å². The van der Waals surface area contributed by atoms with Crippen molar-refractivity contribution >= 4 is 23.4 Å². The number of benzene rings is 2. The molecule has 3 aromatic rings. The molecule has 4 rings (SSSR count). The van der Waals surface area contributed by atoms with Crippen molar-refractivity contribution in [1.82, 2.24) is 4.57 Å². The second-order valence-electron chi connectivity index (χ2n) is 7.45. The Morgan fingerprint density at radius 2 is 1.88 bits per heavy atom. The van der Waals surface area contributed by atoms with E-state index in [1.807, 2.05) is 61.5 Å². The van der Waals surface area contributed by atoms with E-state index in [9.17, 15) is 9.59 Å². The monoisotopic (exact) mass is 448 g/mol. The van der Waals surface area contributed by atoms with Gasteiger partial charge in [0.1, 0.15) is 11.8 Å². The predicted molar refractivity (Wildman–Crippen MR) is 125 cm³/mol. The molecule has 6 nitrogen and oxygen atoms in total. The summed E-state index contributed by atoms with van der Waals surface area (Å²) in [5.41, 5.74) is 3.44. The number of hydrogen-bond acceptors (Lipinski definition) is 6. The number of carbonyl (C=O) groups excluding carboxylic acids is 1. The highest BCUT2D eigenvalue weighted by atomic mass is 32.1. The minimum Gasteiger partial charge on any atom is -0.496 e. The van der Waals surface area contributed by atoms with Crippen molar-refractivity contribution in [2.75, 3.05) is 13.7 Å². The van der Waals surface area contributed by atoms with E-state index in [4.69, 9.17) is 9.47 Å². The summed E-state index contributed by atoms with van der Waals surface area (Å²) in [4.78, 5) is 31.6. The van der Waals surface area contributed by atoms with Crippen LogP contribution in [0.15, 0.2) is 69.6 Å². The van der Waals surface area contributed by atoms with Gasteiger partial charge in [-0.3, -0.25) is 9.36 Å². The fourth-order valence-electron chi connectivity index (χ4n) is 3.79. The molecular weight excluding hydrogens is 424 g/mol. The second kappa shape index (κ2) is 8.96. The normalized spacial score (nSPS) is 15.9. The molecule has 164 valence electrons. The average Bonchev–Trinajstić information content (AvgIpc) is 3.09. The van der Waals surface area contributed by atoms with Crippen LogP contribution >= 0.6 is 11.3 Å². The molecule has 32 heavy (non-hydrogen) atoms. The Labute approximate surface area is 189 Å². The van der Waals surface area contributed by atoms with Gasteiger partial charge >= 0.3 is 5.97 Å². The average molecular weight is 449 g/mol. The van der Waals surface area contributed by atoms with Gasteiger partial charge in [0, 0.05) is 5.56 Å². The first-order valence-corrected chi connectivity index (χ1v) is 11.2. The highest BCUT2D eigenvalue weighted by Crippen LogP contribution is 2.35. The summed E-state index contributed by atoms with van der Waals surface area (Å²) in [7, 11) is 1.57. The second-order valence-corrected chi connectivity index (χ2v) is 8.46. The van der Waals surface area contributed by atoms with E-state index in [0.717, 1.165) is 11.1 Å². The standard InChI is InChI=1S/C25H24N2O4S/c1-5-31-24(29)21-16(3)26-25-27(22(21)18-8-6-7-9-19(18)30-4)23(28)20(32-25)14-17-12-10-15(2)11-13-17/h6-14,22H,5H2,1-4H3/b20-14-/t22-/m1/s1. The van der Waals surface area contributed by atoms with Crippen LogP contribution in [0.4, 0.5) is 0 Å².